The van der Waals surface area contributed by atoms with Gasteiger partial charge in [0, 0.05) is 35.1 Å². The van der Waals surface area contributed by atoms with Gasteiger partial charge in [-0.2, -0.15) is 8.78 Å². The highest BCUT2D eigenvalue weighted by Gasteiger charge is 2.34. The van der Waals surface area contributed by atoms with Crippen molar-refractivity contribution in [3.63, 3.8) is 0 Å². The van der Waals surface area contributed by atoms with Crippen LogP contribution in [0.2, 0.25) is 10.0 Å². The molecule has 1 aliphatic heterocycles. The van der Waals surface area contributed by atoms with Crippen LogP contribution in [0, 0.1) is 35.1 Å². The quantitative estimate of drug-likeness (QED) is 0.146. The van der Waals surface area contributed by atoms with E-state index in [2.05, 4.69) is 21.3 Å². The maximum absolute atomic E-state index is 14.1. The van der Waals surface area contributed by atoms with E-state index >= 15 is 0 Å². The van der Waals surface area contributed by atoms with Crippen LogP contribution < -0.4 is 26.0 Å². The summed E-state index contributed by atoms with van der Waals surface area (Å²) in [7, 11) is 0. The first kappa shape index (κ1) is 35.6. The maximum atomic E-state index is 14.1. The average molecular weight is 677 g/mol. The molecule has 4 amide bonds. The number of benzene rings is 2. The molecule has 16 heteroatoms. The lowest BCUT2D eigenvalue weighted by atomic mass is 9.95. The molecule has 1 fully saturated rings. The van der Waals surface area contributed by atoms with Crippen LogP contribution in [0.4, 0.5) is 17.6 Å². The van der Waals surface area contributed by atoms with E-state index in [0.29, 0.717) is 28.6 Å². The Morgan fingerprint density at radius 3 is 2.24 bits per heavy atom. The summed E-state index contributed by atoms with van der Waals surface area (Å²) in [5, 5.41) is 10.3. The second-order valence-corrected chi connectivity index (χ2v) is 11.5. The fourth-order valence-corrected chi connectivity index (χ4v) is 4.86. The number of ether oxygens (including phenoxy) is 1. The first-order valence-corrected chi connectivity index (χ1v) is 14.5. The van der Waals surface area contributed by atoms with Crippen LogP contribution in [0.15, 0.2) is 24.3 Å². The number of Topliss-reactive ketones (excluding diaryl/α,β-unsaturated/α-hetero) is 1. The normalized spacial score (nSPS) is 15.7. The lowest BCUT2D eigenvalue weighted by molar-refractivity contribution is -0.141. The minimum absolute atomic E-state index is 0.0191. The van der Waals surface area contributed by atoms with Crippen LogP contribution >= 0.6 is 23.2 Å². The first-order chi connectivity index (χ1) is 21.2. The standard InChI is InChI=1S/C29H30Cl2F4N4O6/c1-13(2)7-21(39-29(44)28(43)37-11-15-8-16(30)3-4-17(15)31)27(42)38-20(9-14-5-6-36-26(14)41)22(40)12-45-25-23(34)18(32)10-19(33)24(25)35/h3-4,8,10,13-14,20-21H,5-7,9,11-12H2,1-2H3,(H,36,41)(H,37,43)(H,38,42)(H,39,44)/t14-,20-,21-/m0/s1. The fourth-order valence-electron chi connectivity index (χ4n) is 4.48. The van der Waals surface area contributed by atoms with E-state index in [1.54, 1.807) is 13.8 Å². The van der Waals surface area contributed by atoms with Crippen LogP contribution in [0.25, 0.3) is 0 Å². The maximum Gasteiger partial charge on any atom is 0.309 e. The lowest BCUT2D eigenvalue weighted by Crippen LogP contribution is -2.55. The van der Waals surface area contributed by atoms with E-state index in [0.717, 1.165) is 0 Å². The second kappa shape index (κ2) is 15.9. The van der Waals surface area contributed by atoms with Crippen LogP contribution in [0.5, 0.6) is 5.75 Å². The predicted molar refractivity (Wildman–Crippen MR) is 154 cm³/mol. The number of amides is 4. The fraction of sp³-hybridized carbons (Fsp3) is 0.414. The van der Waals surface area contributed by atoms with Gasteiger partial charge in [0.25, 0.3) is 0 Å². The highest BCUT2D eigenvalue weighted by Crippen LogP contribution is 2.27. The van der Waals surface area contributed by atoms with Gasteiger partial charge in [0.2, 0.25) is 23.4 Å². The third-order valence-corrected chi connectivity index (χ3v) is 7.40. The summed E-state index contributed by atoms with van der Waals surface area (Å²) in [6.07, 6.45) is 0.0669. The monoisotopic (exact) mass is 676 g/mol. The summed E-state index contributed by atoms with van der Waals surface area (Å²) < 4.78 is 60.1. The van der Waals surface area contributed by atoms with Gasteiger partial charge in [0.1, 0.15) is 12.6 Å². The zero-order chi connectivity index (χ0) is 33.4. The van der Waals surface area contributed by atoms with E-state index in [-0.39, 0.29) is 31.4 Å². The third kappa shape index (κ3) is 9.79. The second-order valence-electron chi connectivity index (χ2n) is 10.7. The van der Waals surface area contributed by atoms with Gasteiger partial charge < -0.3 is 26.0 Å². The summed E-state index contributed by atoms with van der Waals surface area (Å²) in [5.41, 5.74) is 0.432. The van der Waals surface area contributed by atoms with Crippen molar-refractivity contribution >= 4 is 52.6 Å². The number of halogens is 6. The van der Waals surface area contributed by atoms with Crippen molar-refractivity contribution in [3.8, 4) is 5.75 Å². The largest absolute Gasteiger partial charge is 0.479 e. The minimum Gasteiger partial charge on any atom is -0.479 e. The molecular formula is C29H30Cl2F4N4O6. The van der Waals surface area contributed by atoms with Crippen LogP contribution in [-0.4, -0.2) is 54.6 Å². The van der Waals surface area contributed by atoms with Crippen molar-refractivity contribution in [2.45, 2.75) is 51.7 Å². The van der Waals surface area contributed by atoms with Crippen molar-refractivity contribution in [3.05, 3.63) is 63.1 Å². The number of rotatable bonds is 13. The highest BCUT2D eigenvalue weighted by molar-refractivity contribution is 6.36. The summed E-state index contributed by atoms with van der Waals surface area (Å²) in [5.74, 6) is -14.2. The Bertz CT molecular complexity index is 1450. The van der Waals surface area contributed by atoms with Gasteiger partial charge in [-0.15, -0.1) is 0 Å². The zero-order valence-corrected chi connectivity index (χ0v) is 25.6. The van der Waals surface area contributed by atoms with E-state index in [1.165, 1.54) is 18.2 Å². The van der Waals surface area contributed by atoms with Gasteiger partial charge in [-0.3, -0.25) is 24.0 Å². The molecule has 0 bridgehead atoms. The Kier molecular flexibility index (Phi) is 12.6. The molecule has 0 aliphatic carbocycles. The molecule has 2 aromatic rings. The molecule has 1 aliphatic rings. The SMILES string of the molecule is CC(C)C[C@H](NC(=O)C(=O)NCc1cc(Cl)ccc1Cl)C(=O)N[C@@H](C[C@@H]1CCNC1=O)C(=O)COc1c(F)c(F)cc(F)c1F. The Balaban J connectivity index is 1.73. The Labute approximate surface area is 265 Å². The van der Waals surface area contributed by atoms with E-state index < -0.39 is 83.0 Å². The molecule has 45 heavy (non-hydrogen) atoms. The molecule has 244 valence electrons. The Morgan fingerprint density at radius 1 is 0.978 bits per heavy atom. The number of hydrogen-bond acceptors (Lipinski definition) is 6. The van der Waals surface area contributed by atoms with Crippen molar-refractivity contribution in [1.29, 1.82) is 0 Å². The Hall–Kier alpha value is -3.91. The molecule has 3 rings (SSSR count). The molecule has 2 aromatic carbocycles. The van der Waals surface area contributed by atoms with Crippen LogP contribution in [0.1, 0.15) is 38.7 Å². The van der Waals surface area contributed by atoms with Gasteiger partial charge in [0.05, 0.1) is 6.04 Å². The summed E-state index contributed by atoms with van der Waals surface area (Å²) >= 11 is 12.0. The molecule has 0 spiro atoms. The number of carbonyl (C=O) groups is 5. The number of hydrogen-bond donors (Lipinski definition) is 4. The molecule has 10 nitrogen and oxygen atoms in total. The molecular weight excluding hydrogens is 647 g/mol. The summed E-state index contributed by atoms with van der Waals surface area (Å²) in [6, 6.07) is 1.70. The number of carbonyl (C=O) groups excluding carboxylic acids is 5. The smallest absolute Gasteiger partial charge is 0.309 e. The first-order valence-electron chi connectivity index (χ1n) is 13.8. The minimum atomic E-state index is -1.87. The van der Waals surface area contributed by atoms with Crippen molar-refractivity contribution in [2.75, 3.05) is 13.2 Å². The predicted octanol–water partition coefficient (Wildman–Crippen LogP) is 3.36. The topological polar surface area (TPSA) is 143 Å². The van der Waals surface area contributed by atoms with Gasteiger partial charge in [-0.1, -0.05) is 37.0 Å². The van der Waals surface area contributed by atoms with E-state index in [1.807, 2.05) is 0 Å². The van der Waals surface area contributed by atoms with Crippen LogP contribution in [0.3, 0.4) is 0 Å². The van der Waals surface area contributed by atoms with Crippen LogP contribution in [-0.2, 0) is 30.5 Å². The molecule has 0 saturated carbocycles. The Morgan fingerprint density at radius 2 is 1.64 bits per heavy atom. The molecule has 3 atom stereocenters. The van der Waals surface area contributed by atoms with E-state index in [9.17, 15) is 41.5 Å². The van der Waals surface area contributed by atoms with Crippen molar-refractivity contribution < 1.29 is 46.3 Å². The molecule has 0 radical (unpaired) electrons. The van der Waals surface area contributed by atoms with E-state index in [4.69, 9.17) is 27.9 Å². The molecule has 0 unspecified atom stereocenters. The summed E-state index contributed by atoms with van der Waals surface area (Å²) in [4.78, 5) is 63.9. The molecule has 1 heterocycles. The van der Waals surface area contributed by atoms with Gasteiger partial charge >= 0.3 is 11.8 Å². The molecule has 1 saturated heterocycles. The lowest BCUT2D eigenvalue weighted by Gasteiger charge is -2.25. The van der Waals surface area contributed by atoms with Gasteiger partial charge in [0.15, 0.2) is 23.2 Å². The molecule has 0 aromatic heterocycles. The molecule has 4 N–H and O–H groups in total. The highest BCUT2D eigenvalue weighted by atomic mass is 35.5. The van der Waals surface area contributed by atoms with Gasteiger partial charge in [-0.25, -0.2) is 8.78 Å². The average Bonchev–Trinajstić information content (AvgIpc) is 3.38. The third-order valence-electron chi connectivity index (χ3n) is 6.80. The number of ketones is 1. The summed E-state index contributed by atoms with van der Waals surface area (Å²) in [6.45, 7) is 2.48. The zero-order valence-electron chi connectivity index (χ0n) is 24.1. The number of nitrogens with one attached hydrogen (secondary N) is 4. The van der Waals surface area contributed by atoms with Gasteiger partial charge in [-0.05, 0) is 48.9 Å². The van der Waals surface area contributed by atoms with Crippen molar-refractivity contribution in [2.24, 2.45) is 11.8 Å². The van der Waals surface area contributed by atoms with Crippen molar-refractivity contribution in [1.82, 2.24) is 21.3 Å².